The number of rotatable bonds is 4. The molecule has 0 amide bonds. The third kappa shape index (κ3) is 2.60. The van der Waals surface area contributed by atoms with Gasteiger partial charge in [-0.3, -0.25) is 4.72 Å². The molecule has 3 rings (SSSR count). The lowest BCUT2D eigenvalue weighted by Crippen LogP contribution is -2.13. The summed E-state index contributed by atoms with van der Waals surface area (Å²) in [4.78, 5) is 9.81. The van der Waals surface area contributed by atoms with E-state index in [2.05, 4.69) is 24.8 Å². The third-order valence-electron chi connectivity index (χ3n) is 2.63. The van der Waals surface area contributed by atoms with E-state index in [1.165, 1.54) is 35.8 Å². The summed E-state index contributed by atoms with van der Waals surface area (Å²) in [6, 6.07) is 3.88. The molecule has 0 unspecified atom stereocenters. The molecule has 0 fully saturated rings. The van der Waals surface area contributed by atoms with Crippen molar-refractivity contribution in [3.05, 3.63) is 49.2 Å². The summed E-state index contributed by atoms with van der Waals surface area (Å²) < 4.78 is 41.4. The molecule has 0 bridgehead atoms. The van der Waals surface area contributed by atoms with Crippen LogP contribution in [0.3, 0.4) is 0 Å². The molecule has 2 N–H and O–H groups in total. The largest absolute Gasteiger partial charge is 0.334 e. The van der Waals surface area contributed by atoms with Gasteiger partial charge in [-0.25, -0.2) is 19.0 Å². The van der Waals surface area contributed by atoms with Gasteiger partial charge in [-0.05, 0) is 12.1 Å². The molecule has 0 aliphatic carbocycles. The molecule has 0 radical (unpaired) electrons. The van der Waals surface area contributed by atoms with Crippen molar-refractivity contribution in [1.82, 2.24) is 24.7 Å². The highest BCUT2D eigenvalue weighted by atomic mass is 32.2. The van der Waals surface area contributed by atoms with Gasteiger partial charge in [0.15, 0.2) is 10.8 Å². The van der Waals surface area contributed by atoms with E-state index in [0.717, 1.165) is 12.3 Å². The van der Waals surface area contributed by atoms with Gasteiger partial charge >= 0.3 is 0 Å². The van der Waals surface area contributed by atoms with Crippen molar-refractivity contribution >= 4 is 15.7 Å². The quantitative estimate of drug-likeness (QED) is 0.746. The Kier molecular flexibility index (Phi) is 3.14. The molecular weight excluding hydrogens is 299 g/mol. The average molecular weight is 308 g/mol. The number of H-pyrrole nitrogens is 1. The van der Waals surface area contributed by atoms with Crippen LogP contribution in [0.2, 0.25) is 0 Å². The second-order valence-electron chi connectivity index (χ2n) is 4.03. The van der Waals surface area contributed by atoms with Crippen LogP contribution in [-0.4, -0.2) is 33.2 Å². The van der Waals surface area contributed by atoms with E-state index in [9.17, 15) is 12.8 Å². The van der Waals surface area contributed by atoms with Crippen LogP contribution in [0.15, 0.2) is 48.4 Å². The highest BCUT2D eigenvalue weighted by Crippen LogP contribution is 2.19. The van der Waals surface area contributed by atoms with Crippen molar-refractivity contribution in [1.29, 1.82) is 0 Å². The average Bonchev–Trinajstić information content (AvgIpc) is 3.12. The molecule has 0 aliphatic heterocycles. The minimum absolute atomic E-state index is 0.0889. The SMILES string of the molecule is O=S(=O)(Nc1ccc(-n2cncn2)c(F)c1)c1cnc[nH]1. The Labute approximate surface area is 118 Å². The van der Waals surface area contributed by atoms with Gasteiger partial charge in [-0.2, -0.15) is 13.5 Å². The molecule has 0 saturated carbocycles. The van der Waals surface area contributed by atoms with E-state index < -0.39 is 15.8 Å². The van der Waals surface area contributed by atoms with Crippen molar-refractivity contribution in [3.63, 3.8) is 0 Å². The summed E-state index contributed by atoms with van der Waals surface area (Å²) in [6.45, 7) is 0. The van der Waals surface area contributed by atoms with E-state index in [4.69, 9.17) is 0 Å². The van der Waals surface area contributed by atoms with Crippen LogP contribution in [0.1, 0.15) is 0 Å². The molecular formula is C11H9FN6O2S. The van der Waals surface area contributed by atoms with Crippen molar-refractivity contribution in [2.45, 2.75) is 5.03 Å². The number of nitrogens with one attached hydrogen (secondary N) is 2. The Morgan fingerprint density at radius 2 is 2.14 bits per heavy atom. The normalized spacial score (nSPS) is 11.5. The standard InChI is InChI=1S/C11H9FN6O2S/c12-9-3-8(1-2-10(9)18-7-14-6-16-18)17-21(19,20)11-4-13-5-15-11/h1-7,17H,(H,13,15). The summed E-state index contributed by atoms with van der Waals surface area (Å²) in [5.74, 6) is -0.634. The number of imidazole rings is 1. The molecule has 2 heterocycles. The van der Waals surface area contributed by atoms with Crippen molar-refractivity contribution in [2.24, 2.45) is 0 Å². The summed E-state index contributed by atoms with van der Waals surface area (Å²) >= 11 is 0. The van der Waals surface area contributed by atoms with Gasteiger partial charge < -0.3 is 4.98 Å². The van der Waals surface area contributed by atoms with Crippen LogP contribution >= 0.6 is 0 Å². The van der Waals surface area contributed by atoms with E-state index in [1.807, 2.05) is 0 Å². The summed E-state index contributed by atoms with van der Waals surface area (Å²) in [6.07, 6.45) is 5.01. The summed E-state index contributed by atoms with van der Waals surface area (Å²) in [5, 5.41) is 3.70. The molecule has 1 aromatic carbocycles. The van der Waals surface area contributed by atoms with Crippen molar-refractivity contribution < 1.29 is 12.8 Å². The molecule has 0 saturated heterocycles. The fourth-order valence-electron chi connectivity index (χ4n) is 1.69. The molecule has 0 spiro atoms. The van der Waals surface area contributed by atoms with Crippen LogP contribution in [0.25, 0.3) is 5.69 Å². The number of halogens is 1. The van der Waals surface area contributed by atoms with E-state index >= 15 is 0 Å². The molecule has 0 atom stereocenters. The minimum Gasteiger partial charge on any atom is -0.334 e. The lowest BCUT2D eigenvalue weighted by atomic mass is 10.3. The molecule has 2 aromatic heterocycles. The van der Waals surface area contributed by atoms with Gasteiger partial charge in [0.1, 0.15) is 18.3 Å². The first-order chi connectivity index (χ1) is 10.1. The Hall–Kier alpha value is -2.75. The van der Waals surface area contributed by atoms with Gasteiger partial charge in [0.25, 0.3) is 10.0 Å². The summed E-state index contributed by atoms with van der Waals surface area (Å²) in [7, 11) is -3.82. The Bertz CT molecular complexity index is 845. The first kappa shape index (κ1) is 13.2. The highest BCUT2D eigenvalue weighted by molar-refractivity contribution is 7.92. The molecule has 21 heavy (non-hydrogen) atoms. The van der Waals surface area contributed by atoms with E-state index in [0.29, 0.717) is 0 Å². The van der Waals surface area contributed by atoms with Gasteiger partial charge in [-0.15, -0.1) is 0 Å². The second kappa shape index (κ2) is 4.98. The molecule has 0 aliphatic rings. The Morgan fingerprint density at radius 3 is 2.76 bits per heavy atom. The maximum Gasteiger partial charge on any atom is 0.278 e. The second-order valence-corrected chi connectivity index (χ2v) is 5.68. The zero-order chi connectivity index (χ0) is 14.9. The lowest BCUT2D eigenvalue weighted by Gasteiger charge is -2.08. The zero-order valence-electron chi connectivity index (χ0n) is 10.4. The van der Waals surface area contributed by atoms with E-state index in [-0.39, 0.29) is 16.4 Å². The maximum atomic E-state index is 14.0. The number of hydrogen-bond donors (Lipinski definition) is 2. The smallest absolute Gasteiger partial charge is 0.278 e. The number of aromatic amines is 1. The lowest BCUT2D eigenvalue weighted by molar-refractivity contribution is 0.598. The highest BCUT2D eigenvalue weighted by Gasteiger charge is 2.16. The van der Waals surface area contributed by atoms with Crippen LogP contribution in [0.5, 0.6) is 0 Å². The number of hydrogen-bond acceptors (Lipinski definition) is 5. The van der Waals surface area contributed by atoms with Gasteiger partial charge in [0, 0.05) is 6.07 Å². The third-order valence-corrected chi connectivity index (χ3v) is 3.93. The molecule has 3 aromatic rings. The predicted molar refractivity (Wildman–Crippen MR) is 70.7 cm³/mol. The fraction of sp³-hybridized carbons (Fsp3) is 0. The monoisotopic (exact) mass is 308 g/mol. The number of sulfonamides is 1. The maximum absolute atomic E-state index is 14.0. The Morgan fingerprint density at radius 1 is 1.29 bits per heavy atom. The number of aromatic nitrogens is 5. The molecule has 8 nitrogen and oxygen atoms in total. The number of nitrogens with zero attached hydrogens (tertiary/aromatic N) is 4. The van der Waals surface area contributed by atoms with Crippen molar-refractivity contribution in [2.75, 3.05) is 4.72 Å². The Balaban J connectivity index is 1.90. The van der Waals surface area contributed by atoms with Gasteiger partial charge in [0.2, 0.25) is 0 Å². The number of anilines is 1. The topological polar surface area (TPSA) is 106 Å². The first-order valence-corrected chi connectivity index (χ1v) is 7.20. The zero-order valence-corrected chi connectivity index (χ0v) is 11.2. The predicted octanol–water partition coefficient (Wildman–Crippen LogP) is 0.930. The van der Waals surface area contributed by atoms with Crippen LogP contribution in [0.4, 0.5) is 10.1 Å². The first-order valence-electron chi connectivity index (χ1n) is 5.72. The van der Waals surface area contributed by atoms with Crippen LogP contribution < -0.4 is 4.72 Å². The van der Waals surface area contributed by atoms with Crippen LogP contribution in [-0.2, 0) is 10.0 Å². The molecule has 108 valence electrons. The van der Waals surface area contributed by atoms with E-state index in [1.54, 1.807) is 0 Å². The minimum atomic E-state index is -3.82. The molecule has 10 heteroatoms. The number of benzene rings is 1. The van der Waals surface area contributed by atoms with Gasteiger partial charge in [-0.1, -0.05) is 0 Å². The summed E-state index contributed by atoms with van der Waals surface area (Å²) in [5.41, 5.74) is 0.253. The van der Waals surface area contributed by atoms with Crippen molar-refractivity contribution in [3.8, 4) is 5.69 Å². The van der Waals surface area contributed by atoms with Gasteiger partial charge in [0.05, 0.1) is 18.2 Å². The fourth-order valence-corrected chi connectivity index (χ4v) is 2.64. The van der Waals surface area contributed by atoms with Crippen LogP contribution in [0, 0.1) is 5.82 Å².